The fourth-order valence-corrected chi connectivity index (χ4v) is 5.16. The van der Waals surface area contributed by atoms with E-state index < -0.39 is 84.9 Å². The molecule has 278 valence electrons. The van der Waals surface area contributed by atoms with Gasteiger partial charge < -0.3 is 41.9 Å². The summed E-state index contributed by atoms with van der Waals surface area (Å²) in [7, 11) is 0. The van der Waals surface area contributed by atoms with E-state index in [-0.39, 0.29) is 41.9 Å². The fraction of sp³-hybridized carbons (Fsp3) is 0.824. The molecular formula is C34H63N5O9. The van der Waals surface area contributed by atoms with E-state index in [0.717, 1.165) is 0 Å². The van der Waals surface area contributed by atoms with Crippen molar-refractivity contribution in [2.24, 2.45) is 29.6 Å². The van der Waals surface area contributed by atoms with Crippen LogP contribution >= 0.6 is 0 Å². The van der Waals surface area contributed by atoms with E-state index in [2.05, 4.69) is 26.6 Å². The van der Waals surface area contributed by atoms with E-state index in [0.29, 0.717) is 12.8 Å². The molecule has 0 unspecified atom stereocenters. The first-order valence-corrected chi connectivity index (χ1v) is 17.1. The van der Waals surface area contributed by atoms with Crippen LogP contribution in [0.1, 0.15) is 108 Å². The number of amides is 5. The highest BCUT2D eigenvalue weighted by molar-refractivity contribution is 5.92. The molecule has 48 heavy (non-hydrogen) atoms. The molecule has 0 aromatic carbocycles. The van der Waals surface area contributed by atoms with Crippen molar-refractivity contribution in [2.75, 3.05) is 0 Å². The van der Waals surface area contributed by atoms with Gasteiger partial charge >= 0.3 is 5.97 Å². The van der Waals surface area contributed by atoms with Crippen LogP contribution in [0.3, 0.4) is 0 Å². The molecule has 0 saturated carbocycles. The van der Waals surface area contributed by atoms with Gasteiger partial charge in [-0.05, 0) is 49.4 Å². The zero-order valence-corrected chi connectivity index (χ0v) is 30.8. The zero-order chi connectivity index (χ0) is 37.5. The van der Waals surface area contributed by atoms with E-state index in [1.165, 1.54) is 6.92 Å². The Morgan fingerprint density at radius 2 is 0.875 bits per heavy atom. The van der Waals surface area contributed by atoms with Gasteiger partial charge in [0, 0.05) is 6.42 Å². The molecule has 0 heterocycles. The number of carbonyl (C=O) groups is 6. The maximum Gasteiger partial charge on any atom is 0.306 e. The quantitative estimate of drug-likeness (QED) is 0.0825. The maximum atomic E-state index is 13.5. The summed E-state index contributed by atoms with van der Waals surface area (Å²) in [6.45, 7) is 19.8. The molecule has 0 aliphatic rings. The highest BCUT2D eigenvalue weighted by Gasteiger charge is 2.34. The molecule has 0 fully saturated rings. The number of carboxylic acid groups (broad SMARTS) is 1. The van der Waals surface area contributed by atoms with Crippen LogP contribution in [-0.4, -0.2) is 93.2 Å². The lowest BCUT2D eigenvalue weighted by atomic mass is 9.95. The van der Waals surface area contributed by atoms with Gasteiger partial charge in [-0.15, -0.1) is 0 Å². The number of hydrogen-bond acceptors (Lipinski definition) is 8. The smallest absolute Gasteiger partial charge is 0.306 e. The molecule has 5 amide bonds. The van der Waals surface area contributed by atoms with Gasteiger partial charge in [0.15, 0.2) is 0 Å². The standard InChI is InChI=1S/C34H63N5O9/c1-17(2)12-23(37-33(47)31(21(9)10)39-34(48)30(20(7)8)38-27(42)14-19(5)6)25(40)15-28(43)35-22(11)32(46)36-24(13-18(3)4)26(41)16-29(44)45/h17-26,30-31,40-41H,12-16H2,1-11H3,(H,35,43)(H,36,46)(H,37,47)(H,38,42)(H,39,48)(H,44,45)/t22-,23-,24-,25-,26+,30+,31+/m0/s1. The molecule has 0 radical (unpaired) electrons. The first-order valence-electron chi connectivity index (χ1n) is 17.1. The minimum atomic E-state index is -1.33. The van der Waals surface area contributed by atoms with Crippen molar-refractivity contribution in [1.82, 2.24) is 26.6 Å². The number of carboxylic acids is 1. The Morgan fingerprint density at radius 3 is 1.29 bits per heavy atom. The number of rotatable bonds is 22. The van der Waals surface area contributed by atoms with Crippen LogP contribution in [0, 0.1) is 29.6 Å². The number of nitrogens with one attached hydrogen (secondary N) is 5. The maximum absolute atomic E-state index is 13.5. The average Bonchev–Trinajstić information content (AvgIpc) is 2.91. The number of aliphatic hydroxyl groups excluding tert-OH is 2. The van der Waals surface area contributed by atoms with E-state index in [9.17, 15) is 39.0 Å². The van der Waals surface area contributed by atoms with Gasteiger partial charge in [0.25, 0.3) is 0 Å². The molecule has 7 atom stereocenters. The fourth-order valence-electron chi connectivity index (χ4n) is 5.16. The lowest BCUT2D eigenvalue weighted by Gasteiger charge is -2.31. The zero-order valence-electron chi connectivity index (χ0n) is 30.8. The second kappa shape index (κ2) is 21.7. The molecule has 0 aliphatic carbocycles. The van der Waals surface area contributed by atoms with Crippen LogP contribution in [0.5, 0.6) is 0 Å². The summed E-state index contributed by atoms with van der Waals surface area (Å²) in [5.74, 6) is -4.25. The summed E-state index contributed by atoms with van der Waals surface area (Å²) in [5.41, 5.74) is 0. The summed E-state index contributed by atoms with van der Waals surface area (Å²) in [6.07, 6.45) is -2.76. The van der Waals surface area contributed by atoms with Gasteiger partial charge in [-0.1, -0.05) is 69.2 Å². The van der Waals surface area contributed by atoms with Crippen molar-refractivity contribution >= 4 is 35.5 Å². The van der Waals surface area contributed by atoms with Crippen LogP contribution in [0.2, 0.25) is 0 Å². The Kier molecular flexibility index (Phi) is 20.2. The summed E-state index contributed by atoms with van der Waals surface area (Å²) in [5, 5.41) is 43.9. The molecule has 8 N–H and O–H groups in total. The van der Waals surface area contributed by atoms with Gasteiger partial charge in [-0.2, -0.15) is 0 Å². The largest absolute Gasteiger partial charge is 0.481 e. The van der Waals surface area contributed by atoms with Gasteiger partial charge in [0.2, 0.25) is 29.5 Å². The third kappa shape index (κ3) is 17.8. The van der Waals surface area contributed by atoms with Crippen LogP contribution in [0.15, 0.2) is 0 Å². The number of aliphatic hydroxyl groups is 2. The molecule has 14 nitrogen and oxygen atoms in total. The monoisotopic (exact) mass is 685 g/mol. The third-order valence-corrected chi connectivity index (χ3v) is 7.69. The average molecular weight is 686 g/mol. The highest BCUT2D eigenvalue weighted by atomic mass is 16.4. The molecule has 0 aliphatic heterocycles. The van der Waals surface area contributed by atoms with Crippen molar-refractivity contribution < 1.29 is 44.1 Å². The number of carbonyl (C=O) groups excluding carboxylic acids is 5. The predicted molar refractivity (Wildman–Crippen MR) is 182 cm³/mol. The van der Waals surface area contributed by atoms with Crippen molar-refractivity contribution in [1.29, 1.82) is 0 Å². The van der Waals surface area contributed by atoms with E-state index in [1.54, 1.807) is 27.7 Å². The Labute approximate surface area is 286 Å². The molecule has 0 spiro atoms. The Bertz CT molecular complexity index is 1060. The van der Waals surface area contributed by atoms with Crippen LogP contribution in [0.4, 0.5) is 0 Å². The van der Waals surface area contributed by atoms with Gasteiger partial charge in [0.05, 0.1) is 37.1 Å². The molecule has 0 aromatic heterocycles. The molecular weight excluding hydrogens is 622 g/mol. The van der Waals surface area contributed by atoms with Gasteiger partial charge in [0.1, 0.15) is 18.1 Å². The van der Waals surface area contributed by atoms with Gasteiger partial charge in [-0.3, -0.25) is 28.8 Å². The minimum absolute atomic E-state index is 0.0152. The Morgan fingerprint density at radius 1 is 0.479 bits per heavy atom. The Hall–Kier alpha value is -3.26. The molecule has 0 rings (SSSR count). The van der Waals surface area contributed by atoms with Gasteiger partial charge in [-0.25, -0.2) is 0 Å². The summed E-state index contributed by atoms with van der Waals surface area (Å²) >= 11 is 0. The van der Waals surface area contributed by atoms with Crippen molar-refractivity contribution in [3.05, 3.63) is 0 Å². The SMILES string of the molecule is CC(C)CC(=O)N[C@@H](C(=O)N[C@@H](C(=O)N[C@@H](CC(C)C)[C@@H](O)CC(=O)N[C@@H](C)C(=O)N[C@@H](CC(C)C)[C@H](O)CC(=O)O)C(C)C)C(C)C. The minimum Gasteiger partial charge on any atom is -0.481 e. The summed E-state index contributed by atoms with van der Waals surface area (Å²) in [4.78, 5) is 75.9. The molecule has 0 aromatic rings. The van der Waals surface area contributed by atoms with E-state index in [4.69, 9.17) is 5.11 Å². The van der Waals surface area contributed by atoms with Crippen LogP contribution in [0.25, 0.3) is 0 Å². The lowest BCUT2D eigenvalue weighted by molar-refractivity contribution is -0.140. The topological polar surface area (TPSA) is 223 Å². The van der Waals surface area contributed by atoms with E-state index >= 15 is 0 Å². The second-order valence-electron chi connectivity index (χ2n) is 14.8. The predicted octanol–water partition coefficient (Wildman–Crippen LogP) is 1.47. The molecule has 0 bridgehead atoms. The Balaban J connectivity index is 5.60. The first-order chi connectivity index (χ1) is 22.0. The highest BCUT2D eigenvalue weighted by Crippen LogP contribution is 2.15. The number of hydrogen-bond donors (Lipinski definition) is 8. The third-order valence-electron chi connectivity index (χ3n) is 7.69. The van der Waals surface area contributed by atoms with Crippen LogP contribution < -0.4 is 26.6 Å². The summed E-state index contributed by atoms with van der Waals surface area (Å²) in [6, 6.07) is -4.61. The normalized spacial score (nSPS) is 16.1. The summed E-state index contributed by atoms with van der Waals surface area (Å²) < 4.78 is 0. The number of aliphatic carboxylic acids is 1. The van der Waals surface area contributed by atoms with Crippen molar-refractivity contribution in [3.63, 3.8) is 0 Å². The molecule has 0 saturated heterocycles. The molecule has 14 heteroatoms. The van der Waals surface area contributed by atoms with Crippen LogP contribution in [-0.2, 0) is 28.8 Å². The lowest BCUT2D eigenvalue weighted by Crippen LogP contribution is -2.59. The first kappa shape index (κ1) is 44.7. The van der Waals surface area contributed by atoms with Crippen molar-refractivity contribution in [2.45, 2.75) is 151 Å². The van der Waals surface area contributed by atoms with E-state index in [1.807, 2.05) is 41.5 Å². The second-order valence-corrected chi connectivity index (χ2v) is 14.8. The van der Waals surface area contributed by atoms with Crippen molar-refractivity contribution in [3.8, 4) is 0 Å².